The van der Waals surface area contributed by atoms with E-state index in [9.17, 15) is 9.59 Å². The molecule has 4 rings (SSSR count). The zero-order valence-corrected chi connectivity index (χ0v) is 21.0. The molecule has 2 aromatic carbocycles. The summed E-state index contributed by atoms with van der Waals surface area (Å²) in [6.45, 7) is 8.36. The number of esters is 1. The first-order valence-electron chi connectivity index (χ1n) is 10.9. The van der Waals surface area contributed by atoms with Crippen molar-refractivity contribution in [3.63, 3.8) is 0 Å². The minimum atomic E-state index is -0.398. The third-order valence-electron chi connectivity index (χ3n) is 5.87. The van der Waals surface area contributed by atoms with E-state index in [-0.39, 0.29) is 5.91 Å². The van der Waals surface area contributed by atoms with Crippen molar-refractivity contribution in [3.8, 4) is 5.69 Å². The highest BCUT2D eigenvalue weighted by Crippen LogP contribution is 2.35. The Morgan fingerprint density at radius 3 is 2.38 bits per heavy atom. The van der Waals surface area contributed by atoms with Gasteiger partial charge < -0.3 is 9.30 Å². The smallest absolute Gasteiger partial charge is 0.337 e. The van der Waals surface area contributed by atoms with Crippen molar-refractivity contribution in [2.75, 3.05) is 14.2 Å². The molecule has 0 N–H and O–H groups in total. The van der Waals surface area contributed by atoms with E-state index in [2.05, 4.69) is 61.5 Å². The fraction of sp³-hybridized carbons (Fsp3) is 0.222. The fourth-order valence-electron chi connectivity index (χ4n) is 4.05. The molecule has 7 heteroatoms. The maximum Gasteiger partial charge on any atom is 0.337 e. The van der Waals surface area contributed by atoms with Gasteiger partial charge in [0.15, 0.2) is 5.17 Å². The molecule has 0 atom stereocenters. The topological polar surface area (TPSA) is 63.9 Å². The molecule has 3 aromatic rings. The van der Waals surface area contributed by atoms with Crippen LogP contribution in [0.25, 0.3) is 11.8 Å². The Morgan fingerprint density at radius 1 is 1.03 bits per heavy atom. The number of methoxy groups -OCH3 is 1. The summed E-state index contributed by atoms with van der Waals surface area (Å²) in [5.41, 5.74) is 7.89. The number of rotatable bonds is 4. The molecule has 0 unspecified atom stereocenters. The van der Waals surface area contributed by atoms with Crippen molar-refractivity contribution in [3.05, 3.63) is 87.1 Å². The highest BCUT2D eigenvalue weighted by molar-refractivity contribution is 8.18. The van der Waals surface area contributed by atoms with Crippen molar-refractivity contribution >= 4 is 40.6 Å². The maximum atomic E-state index is 12.9. The Labute approximate surface area is 203 Å². The Kier molecular flexibility index (Phi) is 6.48. The number of thioether (sulfide) groups is 1. The van der Waals surface area contributed by atoms with Crippen molar-refractivity contribution in [1.82, 2.24) is 9.47 Å². The Balaban J connectivity index is 1.64. The number of hydrogen-bond donors (Lipinski definition) is 0. The lowest BCUT2D eigenvalue weighted by molar-refractivity contribution is -0.121. The van der Waals surface area contributed by atoms with Gasteiger partial charge in [-0.2, -0.15) is 0 Å². The molecule has 174 valence electrons. The van der Waals surface area contributed by atoms with Gasteiger partial charge in [0.1, 0.15) is 0 Å². The monoisotopic (exact) mass is 473 g/mol. The first kappa shape index (κ1) is 23.6. The number of hydrogen-bond acceptors (Lipinski definition) is 5. The number of carbonyl (C=O) groups excluding carboxylic acids is 2. The summed E-state index contributed by atoms with van der Waals surface area (Å²) in [4.78, 5) is 31.4. The Bertz CT molecular complexity index is 1350. The van der Waals surface area contributed by atoms with Crippen molar-refractivity contribution in [2.24, 2.45) is 4.99 Å². The summed E-state index contributed by atoms with van der Waals surface area (Å²) in [5, 5.41) is 0.588. The second-order valence-corrected chi connectivity index (χ2v) is 9.37. The van der Waals surface area contributed by atoms with Crippen LogP contribution in [0.4, 0.5) is 5.69 Å². The summed E-state index contributed by atoms with van der Waals surface area (Å²) >= 11 is 1.34. The first-order chi connectivity index (χ1) is 16.2. The number of ether oxygens (including phenoxy) is 1. The standard InChI is InChI=1S/C27H27N3O3S/c1-16-7-12-23(17(2)13-16)30-18(3)14-21(19(30)4)15-24-25(31)29(5)27(34-24)28-22-10-8-20(9-11-22)26(32)33-6/h7-15H,1-6H3/b24-15+,28-27?. The van der Waals surface area contributed by atoms with Gasteiger partial charge in [0, 0.05) is 24.1 Å². The molecule has 1 saturated heterocycles. The number of amidine groups is 1. The van der Waals surface area contributed by atoms with Gasteiger partial charge in [-0.25, -0.2) is 9.79 Å². The van der Waals surface area contributed by atoms with E-state index in [4.69, 9.17) is 4.74 Å². The van der Waals surface area contributed by atoms with Crippen LogP contribution in [0, 0.1) is 27.7 Å². The number of benzene rings is 2. The zero-order chi connectivity index (χ0) is 24.6. The maximum absolute atomic E-state index is 12.9. The van der Waals surface area contributed by atoms with Crippen LogP contribution < -0.4 is 0 Å². The van der Waals surface area contributed by atoms with E-state index in [1.807, 2.05) is 6.08 Å². The van der Waals surface area contributed by atoms with E-state index < -0.39 is 5.97 Å². The lowest BCUT2D eigenvalue weighted by Crippen LogP contribution is -2.23. The number of aryl methyl sites for hydroxylation is 3. The normalized spacial score (nSPS) is 16.1. The average Bonchev–Trinajstić information content (AvgIpc) is 3.23. The van der Waals surface area contributed by atoms with Crippen LogP contribution in [0.15, 0.2) is 58.4 Å². The third-order valence-corrected chi connectivity index (χ3v) is 6.93. The second kappa shape index (κ2) is 9.35. The molecule has 1 fully saturated rings. The van der Waals surface area contributed by atoms with E-state index in [0.29, 0.717) is 21.3 Å². The van der Waals surface area contributed by atoms with Crippen LogP contribution in [0.5, 0.6) is 0 Å². The SMILES string of the molecule is COC(=O)c1ccc(N=C2S/C(=C/c3cc(C)n(-c4ccc(C)cc4C)c3C)C(=O)N2C)cc1. The van der Waals surface area contributed by atoms with E-state index in [1.54, 1.807) is 36.2 Å². The number of aliphatic imine (C=N–C) groups is 1. The van der Waals surface area contributed by atoms with Gasteiger partial charge in [-0.15, -0.1) is 0 Å². The number of aromatic nitrogens is 1. The Morgan fingerprint density at radius 2 is 1.74 bits per heavy atom. The van der Waals surface area contributed by atoms with Crippen molar-refractivity contribution in [1.29, 1.82) is 0 Å². The summed E-state index contributed by atoms with van der Waals surface area (Å²) in [6, 6.07) is 15.3. The molecule has 1 aliphatic heterocycles. The minimum absolute atomic E-state index is 0.0914. The molecular formula is C27H27N3O3S. The average molecular weight is 474 g/mol. The van der Waals surface area contributed by atoms with Gasteiger partial charge in [-0.3, -0.25) is 9.69 Å². The van der Waals surface area contributed by atoms with Gasteiger partial charge in [0.2, 0.25) is 0 Å². The summed E-state index contributed by atoms with van der Waals surface area (Å²) in [6.07, 6.45) is 1.94. The molecule has 2 heterocycles. The summed E-state index contributed by atoms with van der Waals surface area (Å²) in [5.74, 6) is -0.489. The molecule has 6 nitrogen and oxygen atoms in total. The van der Waals surface area contributed by atoms with Crippen LogP contribution in [-0.2, 0) is 9.53 Å². The highest BCUT2D eigenvalue weighted by Gasteiger charge is 2.30. The molecule has 0 saturated carbocycles. The van der Waals surface area contributed by atoms with Crippen molar-refractivity contribution < 1.29 is 14.3 Å². The van der Waals surface area contributed by atoms with E-state index in [1.165, 1.54) is 30.0 Å². The van der Waals surface area contributed by atoms with Crippen LogP contribution in [0.2, 0.25) is 0 Å². The number of nitrogens with zero attached hydrogens (tertiary/aromatic N) is 3. The van der Waals surface area contributed by atoms with Crippen LogP contribution in [0.1, 0.15) is 38.4 Å². The fourth-order valence-corrected chi connectivity index (χ4v) is 5.03. The minimum Gasteiger partial charge on any atom is -0.465 e. The molecule has 0 spiro atoms. The molecule has 34 heavy (non-hydrogen) atoms. The van der Waals surface area contributed by atoms with Gasteiger partial charge >= 0.3 is 5.97 Å². The third kappa shape index (κ3) is 4.43. The molecule has 0 aliphatic carbocycles. The van der Waals surface area contributed by atoms with E-state index in [0.717, 1.165) is 22.6 Å². The molecule has 1 amide bonds. The number of likely N-dealkylation sites (N-methyl/N-ethyl adjacent to an activating group) is 1. The van der Waals surface area contributed by atoms with Crippen molar-refractivity contribution in [2.45, 2.75) is 27.7 Å². The number of amides is 1. The largest absolute Gasteiger partial charge is 0.465 e. The predicted octanol–water partition coefficient (Wildman–Crippen LogP) is 5.73. The van der Waals surface area contributed by atoms with Crippen LogP contribution >= 0.6 is 11.8 Å². The molecule has 0 bridgehead atoms. The Hall–Kier alpha value is -3.58. The van der Waals surface area contributed by atoms with Gasteiger partial charge in [-0.1, -0.05) is 17.7 Å². The van der Waals surface area contributed by atoms with Gasteiger partial charge in [0.05, 0.1) is 23.3 Å². The van der Waals surface area contributed by atoms with Gasteiger partial charge in [0.25, 0.3) is 5.91 Å². The van der Waals surface area contributed by atoms with Gasteiger partial charge in [-0.05, 0) is 93.1 Å². The molecular weight excluding hydrogens is 446 g/mol. The van der Waals surface area contributed by atoms with Crippen LogP contribution in [0.3, 0.4) is 0 Å². The quantitative estimate of drug-likeness (QED) is 0.359. The molecule has 0 radical (unpaired) electrons. The highest BCUT2D eigenvalue weighted by atomic mass is 32.2. The lowest BCUT2D eigenvalue weighted by atomic mass is 10.1. The molecule has 1 aliphatic rings. The predicted molar refractivity (Wildman–Crippen MR) is 138 cm³/mol. The summed E-state index contributed by atoms with van der Waals surface area (Å²) in [7, 11) is 3.07. The number of carbonyl (C=O) groups is 2. The molecule has 1 aromatic heterocycles. The van der Waals surface area contributed by atoms with Crippen LogP contribution in [-0.4, -0.2) is 40.7 Å². The zero-order valence-electron chi connectivity index (χ0n) is 20.2. The second-order valence-electron chi connectivity index (χ2n) is 8.36. The lowest BCUT2D eigenvalue weighted by Gasteiger charge is -2.13. The summed E-state index contributed by atoms with van der Waals surface area (Å²) < 4.78 is 6.96. The van der Waals surface area contributed by atoms with E-state index >= 15 is 0 Å². The first-order valence-corrected chi connectivity index (χ1v) is 11.7.